The minimum atomic E-state index is -0.455. The van der Waals surface area contributed by atoms with Crippen LogP contribution in [0.2, 0.25) is 0 Å². The summed E-state index contributed by atoms with van der Waals surface area (Å²) in [4.78, 5) is 26.0. The van der Waals surface area contributed by atoms with E-state index in [0.29, 0.717) is 0 Å². The fourth-order valence-corrected chi connectivity index (χ4v) is 2.38. The first kappa shape index (κ1) is 17.2. The fraction of sp³-hybridized carbons (Fsp3) is 0.529. The molecule has 2 unspecified atom stereocenters. The highest BCUT2D eigenvalue weighted by Crippen LogP contribution is 2.24. The van der Waals surface area contributed by atoms with Crippen molar-refractivity contribution in [3.8, 4) is 0 Å². The largest absolute Gasteiger partial charge is 0.461 e. The van der Waals surface area contributed by atoms with Gasteiger partial charge in [0.1, 0.15) is 6.61 Å². The van der Waals surface area contributed by atoms with Crippen LogP contribution in [-0.4, -0.2) is 30.9 Å². The van der Waals surface area contributed by atoms with Crippen molar-refractivity contribution in [3.05, 3.63) is 35.9 Å². The Morgan fingerprint density at radius 3 is 2.14 bits per heavy atom. The zero-order valence-corrected chi connectivity index (χ0v) is 13.5. The number of hydrogen-bond acceptors (Lipinski definition) is 3. The van der Waals surface area contributed by atoms with Crippen LogP contribution < -0.4 is 0 Å². The average Bonchev–Trinajstić information content (AvgIpc) is 2.45. The van der Waals surface area contributed by atoms with Crippen molar-refractivity contribution in [2.75, 3.05) is 14.1 Å². The first-order chi connectivity index (χ1) is 9.84. The summed E-state index contributed by atoms with van der Waals surface area (Å²) in [6.45, 7) is 5.91. The highest BCUT2D eigenvalue weighted by molar-refractivity contribution is 5.85. The van der Waals surface area contributed by atoms with Crippen molar-refractivity contribution in [3.63, 3.8) is 0 Å². The van der Waals surface area contributed by atoms with Crippen LogP contribution in [0.25, 0.3) is 0 Å². The van der Waals surface area contributed by atoms with E-state index in [0.717, 1.165) is 5.56 Å². The summed E-state index contributed by atoms with van der Waals surface area (Å²) in [5, 5.41) is 0. The Bertz CT molecular complexity index is 468. The molecule has 1 aromatic carbocycles. The molecule has 0 heterocycles. The summed E-state index contributed by atoms with van der Waals surface area (Å²) >= 11 is 0. The minimum absolute atomic E-state index is 0.0332. The molecule has 1 rings (SSSR count). The lowest BCUT2D eigenvalue weighted by Gasteiger charge is -2.27. The number of nitrogens with zero attached hydrogens (tertiary/aromatic N) is 1. The second kappa shape index (κ2) is 7.81. The second-order valence-electron chi connectivity index (χ2n) is 5.88. The van der Waals surface area contributed by atoms with Gasteiger partial charge in [0.15, 0.2) is 0 Å². The Morgan fingerprint density at radius 1 is 1.10 bits per heavy atom. The Kier molecular flexibility index (Phi) is 6.40. The van der Waals surface area contributed by atoms with Crippen LogP contribution in [0.4, 0.5) is 0 Å². The molecule has 0 saturated carbocycles. The molecule has 4 heteroatoms. The van der Waals surface area contributed by atoms with Gasteiger partial charge in [-0.3, -0.25) is 9.59 Å². The number of amides is 1. The van der Waals surface area contributed by atoms with Crippen LogP contribution in [0.15, 0.2) is 30.3 Å². The maximum Gasteiger partial charge on any atom is 0.309 e. The molecule has 116 valence electrons. The van der Waals surface area contributed by atoms with Crippen molar-refractivity contribution in [1.29, 1.82) is 0 Å². The second-order valence-corrected chi connectivity index (χ2v) is 5.88. The summed E-state index contributed by atoms with van der Waals surface area (Å²) in [6.07, 6.45) is 0. The molecule has 0 saturated heterocycles. The predicted octanol–water partition coefficient (Wildman–Crippen LogP) is 2.73. The number of rotatable bonds is 6. The van der Waals surface area contributed by atoms with Gasteiger partial charge in [-0.2, -0.15) is 0 Å². The van der Waals surface area contributed by atoms with Crippen LogP contribution in [0, 0.1) is 17.8 Å². The van der Waals surface area contributed by atoms with Gasteiger partial charge in [0.05, 0.1) is 11.8 Å². The Morgan fingerprint density at radius 2 is 1.67 bits per heavy atom. The van der Waals surface area contributed by atoms with Gasteiger partial charge in [-0.05, 0) is 11.5 Å². The SMILES string of the molecule is CC(C)C(C(=O)N(C)C)C(C)C(=O)OCc1ccccc1. The van der Waals surface area contributed by atoms with Crippen molar-refractivity contribution < 1.29 is 14.3 Å². The molecule has 0 aromatic heterocycles. The maximum atomic E-state index is 12.2. The average molecular weight is 291 g/mol. The number of hydrogen-bond donors (Lipinski definition) is 0. The van der Waals surface area contributed by atoms with E-state index in [9.17, 15) is 9.59 Å². The van der Waals surface area contributed by atoms with Crippen LogP contribution in [-0.2, 0) is 20.9 Å². The molecule has 0 spiro atoms. The molecular weight excluding hydrogens is 266 g/mol. The van der Waals surface area contributed by atoms with Gasteiger partial charge in [0.25, 0.3) is 0 Å². The van der Waals surface area contributed by atoms with Gasteiger partial charge in [0, 0.05) is 14.1 Å². The van der Waals surface area contributed by atoms with Crippen molar-refractivity contribution in [1.82, 2.24) is 4.90 Å². The predicted molar refractivity (Wildman–Crippen MR) is 82.4 cm³/mol. The number of carbonyl (C=O) groups is 2. The van der Waals surface area contributed by atoms with Crippen molar-refractivity contribution in [2.24, 2.45) is 17.8 Å². The topological polar surface area (TPSA) is 46.6 Å². The molecule has 0 bridgehead atoms. The highest BCUT2D eigenvalue weighted by Gasteiger charge is 2.34. The molecule has 0 N–H and O–H groups in total. The molecule has 0 radical (unpaired) electrons. The first-order valence-electron chi connectivity index (χ1n) is 7.26. The molecule has 0 aliphatic heterocycles. The van der Waals surface area contributed by atoms with Gasteiger partial charge in [-0.15, -0.1) is 0 Å². The van der Waals surface area contributed by atoms with Gasteiger partial charge in [-0.1, -0.05) is 51.1 Å². The van der Waals surface area contributed by atoms with E-state index in [4.69, 9.17) is 4.74 Å². The van der Waals surface area contributed by atoms with Gasteiger partial charge < -0.3 is 9.64 Å². The van der Waals surface area contributed by atoms with Crippen molar-refractivity contribution >= 4 is 11.9 Å². The van der Waals surface area contributed by atoms with Gasteiger partial charge in [-0.25, -0.2) is 0 Å². The smallest absolute Gasteiger partial charge is 0.309 e. The van der Waals surface area contributed by atoms with Crippen LogP contribution >= 0.6 is 0 Å². The molecular formula is C17H25NO3. The highest BCUT2D eigenvalue weighted by atomic mass is 16.5. The van der Waals surface area contributed by atoms with E-state index < -0.39 is 5.92 Å². The minimum Gasteiger partial charge on any atom is -0.461 e. The number of esters is 1. The molecule has 1 aromatic rings. The molecule has 0 fully saturated rings. The Balaban J connectivity index is 2.68. The lowest BCUT2D eigenvalue weighted by atomic mass is 9.83. The van der Waals surface area contributed by atoms with Crippen LogP contribution in [0.5, 0.6) is 0 Å². The molecule has 0 aliphatic rings. The van der Waals surface area contributed by atoms with Crippen molar-refractivity contribution in [2.45, 2.75) is 27.4 Å². The summed E-state index contributed by atoms with van der Waals surface area (Å²) < 4.78 is 5.34. The normalized spacial score (nSPS) is 13.6. The van der Waals surface area contributed by atoms with E-state index >= 15 is 0 Å². The molecule has 4 nitrogen and oxygen atoms in total. The number of ether oxygens (including phenoxy) is 1. The summed E-state index contributed by atoms with van der Waals surface area (Å²) in [7, 11) is 3.42. The van der Waals surface area contributed by atoms with E-state index in [1.165, 1.54) is 4.90 Å². The first-order valence-corrected chi connectivity index (χ1v) is 7.26. The molecule has 2 atom stereocenters. The fourth-order valence-electron chi connectivity index (χ4n) is 2.38. The van der Waals surface area contributed by atoms with E-state index in [1.54, 1.807) is 21.0 Å². The van der Waals surface area contributed by atoms with E-state index in [2.05, 4.69) is 0 Å². The maximum absolute atomic E-state index is 12.2. The Hall–Kier alpha value is -1.84. The summed E-state index contributed by atoms with van der Waals surface area (Å²) in [6, 6.07) is 9.53. The summed E-state index contributed by atoms with van der Waals surface area (Å²) in [5.74, 6) is -1.09. The lowest BCUT2D eigenvalue weighted by molar-refractivity contribution is -0.156. The van der Waals surface area contributed by atoms with Crippen LogP contribution in [0.3, 0.4) is 0 Å². The monoisotopic (exact) mass is 291 g/mol. The zero-order valence-electron chi connectivity index (χ0n) is 13.5. The molecule has 1 amide bonds. The summed E-state index contributed by atoms with van der Waals surface area (Å²) in [5.41, 5.74) is 0.943. The number of carbonyl (C=O) groups excluding carboxylic acids is 2. The third kappa shape index (κ3) is 4.88. The standard InChI is InChI=1S/C17H25NO3/c1-12(2)15(16(19)18(4)5)13(3)17(20)21-11-14-9-7-6-8-10-14/h6-10,12-13,15H,11H2,1-5H3. The van der Waals surface area contributed by atoms with Crippen LogP contribution in [0.1, 0.15) is 26.3 Å². The van der Waals surface area contributed by atoms with Gasteiger partial charge in [0.2, 0.25) is 5.91 Å². The number of benzene rings is 1. The van der Waals surface area contributed by atoms with Gasteiger partial charge >= 0.3 is 5.97 Å². The lowest BCUT2D eigenvalue weighted by Crippen LogP contribution is -2.39. The molecule has 0 aliphatic carbocycles. The molecule has 21 heavy (non-hydrogen) atoms. The van der Waals surface area contributed by atoms with E-state index in [-0.39, 0.29) is 30.3 Å². The van der Waals surface area contributed by atoms with E-state index in [1.807, 2.05) is 44.2 Å². The Labute approximate surface area is 127 Å². The third-order valence-electron chi connectivity index (χ3n) is 3.58. The quantitative estimate of drug-likeness (QED) is 0.757. The zero-order chi connectivity index (χ0) is 16.0. The third-order valence-corrected chi connectivity index (χ3v) is 3.58.